The lowest BCUT2D eigenvalue weighted by Crippen LogP contribution is -2.27. The molecular formula is C23H31N5O3S. The molecule has 2 heterocycles. The van der Waals surface area contributed by atoms with Crippen LogP contribution >= 0.6 is 0 Å². The molecule has 0 saturated heterocycles. The van der Waals surface area contributed by atoms with Gasteiger partial charge < -0.3 is 9.88 Å². The number of sulfonamides is 1. The quantitative estimate of drug-likeness (QED) is 0.504. The SMILES string of the molecule is CCCCn1c(CCC(=O)NC(C)c2ccncc2)nc2cc(S(=O)(=O)N(C)C)ccc21. The van der Waals surface area contributed by atoms with E-state index in [0.717, 1.165) is 36.3 Å². The van der Waals surface area contributed by atoms with Crippen molar-refractivity contribution in [3.05, 3.63) is 54.1 Å². The summed E-state index contributed by atoms with van der Waals surface area (Å²) in [6.07, 6.45) is 6.19. The number of pyridine rings is 1. The maximum atomic E-state index is 12.6. The van der Waals surface area contributed by atoms with Crippen molar-refractivity contribution in [3.8, 4) is 0 Å². The van der Waals surface area contributed by atoms with Crippen LogP contribution in [0.3, 0.4) is 0 Å². The molecule has 3 aromatic rings. The monoisotopic (exact) mass is 457 g/mol. The number of benzene rings is 1. The molecule has 0 aliphatic heterocycles. The summed E-state index contributed by atoms with van der Waals surface area (Å²) in [6, 6.07) is 8.70. The number of amides is 1. The summed E-state index contributed by atoms with van der Waals surface area (Å²) in [7, 11) is -0.518. The van der Waals surface area contributed by atoms with Crippen LogP contribution in [0.1, 0.15) is 50.5 Å². The topological polar surface area (TPSA) is 97.2 Å². The van der Waals surface area contributed by atoms with Crippen LogP contribution in [0.15, 0.2) is 47.6 Å². The second-order valence-electron chi connectivity index (χ2n) is 8.04. The zero-order valence-electron chi connectivity index (χ0n) is 19.1. The molecule has 1 N–H and O–H groups in total. The van der Waals surface area contributed by atoms with E-state index in [1.54, 1.807) is 24.5 Å². The normalized spacial score (nSPS) is 12.9. The van der Waals surface area contributed by atoms with Crippen LogP contribution in [0.5, 0.6) is 0 Å². The van der Waals surface area contributed by atoms with Gasteiger partial charge in [0.25, 0.3) is 0 Å². The number of rotatable bonds is 10. The highest BCUT2D eigenvalue weighted by Crippen LogP contribution is 2.23. The molecule has 0 aliphatic carbocycles. The number of hydrogen-bond donors (Lipinski definition) is 1. The third-order valence-corrected chi connectivity index (χ3v) is 7.28. The van der Waals surface area contributed by atoms with Gasteiger partial charge in [0.15, 0.2) is 0 Å². The average Bonchev–Trinajstić information content (AvgIpc) is 3.13. The van der Waals surface area contributed by atoms with Gasteiger partial charge in [0.1, 0.15) is 5.82 Å². The van der Waals surface area contributed by atoms with E-state index in [2.05, 4.69) is 21.8 Å². The van der Waals surface area contributed by atoms with Gasteiger partial charge in [-0.25, -0.2) is 17.7 Å². The van der Waals surface area contributed by atoms with Gasteiger partial charge in [-0.05, 0) is 49.2 Å². The number of carbonyl (C=O) groups is 1. The molecule has 1 unspecified atom stereocenters. The highest BCUT2D eigenvalue weighted by molar-refractivity contribution is 7.89. The Morgan fingerprint density at radius 3 is 2.56 bits per heavy atom. The van der Waals surface area contributed by atoms with E-state index in [1.807, 2.05) is 25.1 Å². The maximum Gasteiger partial charge on any atom is 0.242 e. The van der Waals surface area contributed by atoms with E-state index >= 15 is 0 Å². The smallest absolute Gasteiger partial charge is 0.242 e. The minimum atomic E-state index is -3.54. The number of imidazole rings is 1. The van der Waals surface area contributed by atoms with Crippen molar-refractivity contribution in [2.24, 2.45) is 0 Å². The molecule has 3 rings (SSSR count). The maximum absolute atomic E-state index is 12.6. The van der Waals surface area contributed by atoms with Crippen LogP contribution in [-0.4, -0.2) is 47.3 Å². The Balaban J connectivity index is 1.80. The minimum absolute atomic E-state index is 0.0562. The van der Waals surface area contributed by atoms with Crippen molar-refractivity contribution >= 4 is 27.0 Å². The predicted octanol–water partition coefficient (Wildman–Crippen LogP) is 3.29. The van der Waals surface area contributed by atoms with Crippen LogP contribution in [-0.2, 0) is 27.8 Å². The van der Waals surface area contributed by atoms with E-state index in [9.17, 15) is 13.2 Å². The van der Waals surface area contributed by atoms with Crippen LogP contribution in [0.4, 0.5) is 0 Å². The lowest BCUT2D eigenvalue weighted by molar-refractivity contribution is -0.121. The van der Waals surface area contributed by atoms with Gasteiger partial charge in [-0.2, -0.15) is 0 Å². The molecular weight excluding hydrogens is 426 g/mol. The number of nitrogens with zero attached hydrogens (tertiary/aromatic N) is 4. The number of nitrogens with one attached hydrogen (secondary N) is 1. The van der Waals surface area contributed by atoms with Gasteiger partial charge in [-0.15, -0.1) is 0 Å². The highest BCUT2D eigenvalue weighted by Gasteiger charge is 2.20. The molecule has 0 spiro atoms. The molecule has 172 valence electrons. The molecule has 2 aromatic heterocycles. The molecule has 32 heavy (non-hydrogen) atoms. The first-order valence-corrected chi connectivity index (χ1v) is 12.3. The van der Waals surface area contributed by atoms with E-state index < -0.39 is 10.0 Å². The average molecular weight is 458 g/mol. The zero-order chi connectivity index (χ0) is 23.3. The van der Waals surface area contributed by atoms with Gasteiger partial charge in [0, 0.05) is 45.9 Å². The van der Waals surface area contributed by atoms with Gasteiger partial charge in [0.2, 0.25) is 15.9 Å². The predicted molar refractivity (Wildman–Crippen MR) is 125 cm³/mol. The first-order valence-electron chi connectivity index (χ1n) is 10.8. The summed E-state index contributed by atoms with van der Waals surface area (Å²) in [5, 5.41) is 3.02. The molecule has 1 amide bonds. The largest absolute Gasteiger partial charge is 0.350 e. The van der Waals surface area contributed by atoms with Crippen molar-refractivity contribution in [1.29, 1.82) is 0 Å². The first-order chi connectivity index (χ1) is 15.2. The van der Waals surface area contributed by atoms with Gasteiger partial charge >= 0.3 is 0 Å². The molecule has 1 atom stereocenters. The Bertz CT molecular complexity index is 1170. The summed E-state index contributed by atoms with van der Waals surface area (Å²) in [5.41, 5.74) is 2.51. The lowest BCUT2D eigenvalue weighted by atomic mass is 10.1. The number of aryl methyl sites for hydroxylation is 2. The summed E-state index contributed by atoms with van der Waals surface area (Å²) in [5.74, 6) is 0.735. The zero-order valence-corrected chi connectivity index (χ0v) is 19.9. The second-order valence-corrected chi connectivity index (χ2v) is 10.2. The molecule has 0 saturated carbocycles. The summed E-state index contributed by atoms with van der Waals surface area (Å²) in [6.45, 7) is 4.84. The number of hydrogen-bond acceptors (Lipinski definition) is 5. The Kier molecular flexibility index (Phi) is 7.63. The number of carbonyl (C=O) groups excluding carboxylic acids is 1. The fourth-order valence-electron chi connectivity index (χ4n) is 3.56. The summed E-state index contributed by atoms with van der Waals surface area (Å²) < 4.78 is 28.3. The van der Waals surface area contributed by atoms with Crippen LogP contribution in [0, 0.1) is 0 Å². The minimum Gasteiger partial charge on any atom is -0.350 e. The molecule has 0 bridgehead atoms. The van der Waals surface area contributed by atoms with Crippen molar-refractivity contribution in [1.82, 2.24) is 24.2 Å². The number of fused-ring (bicyclic) bond motifs is 1. The Morgan fingerprint density at radius 2 is 1.91 bits per heavy atom. The summed E-state index contributed by atoms with van der Waals surface area (Å²) in [4.78, 5) is 21.5. The van der Waals surface area contributed by atoms with Gasteiger partial charge in [0.05, 0.1) is 22.0 Å². The van der Waals surface area contributed by atoms with E-state index in [1.165, 1.54) is 18.4 Å². The molecule has 0 fully saturated rings. The molecule has 1 aromatic carbocycles. The van der Waals surface area contributed by atoms with Gasteiger partial charge in [-0.1, -0.05) is 13.3 Å². The second kappa shape index (κ2) is 10.2. The lowest BCUT2D eigenvalue weighted by Gasteiger charge is -2.14. The van der Waals surface area contributed by atoms with Crippen molar-refractivity contribution in [2.75, 3.05) is 14.1 Å². The fourth-order valence-corrected chi connectivity index (χ4v) is 4.48. The van der Waals surface area contributed by atoms with E-state index in [0.29, 0.717) is 18.4 Å². The van der Waals surface area contributed by atoms with Gasteiger partial charge in [-0.3, -0.25) is 9.78 Å². The summed E-state index contributed by atoms with van der Waals surface area (Å²) >= 11 is 0. The molecule has 9 heteroatoms. The highest BCUT2D eigenvalue weighted by atomic mass is 32.2. The van der Waals surface area contributed by atoms with Crippen LogP contribution in [0.25, 0.3) is 11.0 Å². The Labute approximate surface area is 189 Å². The third kappa shape index (κ3) is 5.34. The van der Waals surface area contributed by atoms with E-state index in [4.69, 9.17) is 4.98 Å². The van der Waals surface area contributed by atoms with Crippen LogP contribution < -0.4 is 5.32 Å². The fraction of sp³-hybridized carbons (Fsp3) is 0.435. The molecule has 8 nitrogen and oxygen atoms in total. The van der Waals surface area contributed by atoms with Crippen LogP contribution in [0.2, 0.25) is 0 Å². The van der Waals surface area contributed by atoms with Crippen molar-refractivity contribution in [2.45, 2.75) is 57.0 Å². The number of unbranched alkanes of at least 4 members (excludes halogenated alkanes) is 1. The molecule has 0 radical (unpaired) electrons. The first kappa shape index (κ1) is 23.9. The van der Waals surface area contributed by atoms with Crippen molar-refractivity contribution in [3.63, 3.8) is 0 Å². The third-order valence-electron chi connectivity index (χ3n) is 5.47. The standard InChI is InChI=1S/C23H31N5O3S/c1-5-6-15-28-21-8-7-19(32(30,31)27(3)4)16-20(21)26-22(28)9-10-23(29)25-17(2)18-11-13-24-14-12-18/h7-8,11-14,16-17H,5-6,9-10,15H2,1-4H3,(H,25,29). The number of aromatic nitrogens is 3. The molecule has 0 aliphatic rings. The van der Waals surface area contributed by atoms with E-state index in [-0.39, 0.29) is 16.8 Å². The van der Waals surface area contributed by atoms with Crippen molar-refractivity contribution < 1.29 is 13.2 Å². The Morgan fingerprint density at radius 1 is 1.19 bits per heavy atom. The Hall–Kier alpha value is -2.78.